The molecule has 0 fully saturated rings. The molecule has 20 heavy (non-hydrogen) atoms. The van der Waals surface area contributed by atoms with Crippen LogP contribution in [-0.4, -0.2) is 9.19 Å². The number of alkyl halides is 2. The number of pyridine rings is 1. The molecule has 0 amide bonds. The molecule has 0 aliphatic carbocycles. The van der Waals surface area contributed by atoms with Crippen LogP contribution in [0.15, 0.2) is 66.9 Å². The van der Waals surface area contributed by atoms with Gasteiger partial charge in [-0.2, -0.15) is 0 Å². The van der Waals surface area contributed by atoms with Crippen molar-refractivity contribution in [3.8, 4) is 0 Å². The van der Waals surface area contributed by atoms with Gasteiger partial charge in [0.15, 0.2) is 0 Å². The Balaban J connectivity index is 1.81. The number of aromatic nitrogens is 1. The van der Waals surface area contributed by atoms with E-state index in [2.05, 4.69) is 45.2 Å². The summed E-state index contributed by atoms with van der Waals surface area (Å²) in [5, 5.41) is 0. The molecule has 1 aromatic carbocycles. The predicted molar refractivity (Wildman–Crippen MR) is 90.3 cm³/mol. The first-order chi connectivity index (χ1) is 9.60. The summed E-state index contributed by atoms with van der Waals surface area (Å²) in [6.45, 7) is 0. The Morgan fingerprint density at radius 3 is 2.50 bits per heavy atom. The Labute approximate surface area is 136 Å². The maximum Gasteiger partial charge on any atom is 0.133 e. The Morgan fingerprint density at radius 2 is 1.80 bits per heavy atom. The number of hydrogen-bond donors (Lipinski definition) is 0. The van der Waals surface area contributed by atoms with E-state index in [1.807, 2.05) is 36.4 Å². The molecule has 0 saturated heterocycles. The molecule has 4 heteroatoms. The van der Waals surface area contributed by atoms with Crippen LogP contribution >= 0.6 is 39.3 Å². The van der Waals surface area contributed by atoms with Crippen LogP contribution in [0.2, 0.25) is 0 Å². The van der Waals surface area contributed by atoms with Gasteiger partial charge in [0.2, 0.25) is 0 Å². The van der Waals surface area contributed by atoms with Gasteiger partial charge in [0.05, 0.1) is 5.69 Å². The van der Waals surface area contributed by atoms with Crippen LogP contribution in [-0.2, 0) is 10.1 Å². The van der Waals surface area contributed by atoms with E-state index < -0.39 is 4.21 Å². The Hall–Kier alpha value is -0.770. The average Bonchev–Trinajstić information content (AvgIpc) is 2.78. The fraction of sp³-hybridized carbons (Fsp3) is 0.188. The van der Waals surface area contributed by atoms with Crippen LogP contribution in [0.1, 0.15) is 11.3 Å². The number of nitrogens with zero attached hydrogens (tertiary/aromatic N) is 1. The van der Waals surface area contributed by atoms with Crippen LogP contribution in [0, 0.1) is 0 Å². The molecule has 2 heterocycles. The third-order valence-corrected chi connectivity index (χ3v) is 6.08. The van der Waals surface area contributed by atoms with E-state index in [4.69, 9.17) is 11.6 Å². The fourth-order valence-corrected chi connectivity index (χ4v) is 5.54. The lowest BCUT2D eigenvalue weighted by Gasteiger charge is -2.25. The number of rotatable bonds is 3. The van der Waals surface area contributed by atoms with Gasteiger partial charge in [-0.25, -0.2) is 0 Å². The minimum absolute atomic E-state index is 0.342. The lowest BCUT2D eigenvalue weighted by atomic mass is 10.1. The van der Waals surface area contributed by atoms with Crippen LogP contribution < -0.4 is 0 Å². The topological polar surface area (TPSA) is 12.9 Å². The number of thioether (sulfide) groups is 1. The van der Waals surface area contributed by atoms with Crippen molar-refractivity contribution in [3.05, 3.63) is 78.1 Å². The number of hydrogen-bond acceptors (Lipinski definition) is 2. The highest BCUT2D eigenvalue weighted by Gasteiger charge is 2.44. The third-order valence-electron chi connectivity index (χ3n) is 3.17. The maximum absolute atomic E-state index is 6.76. The van der Waals surface area contributed by atoms with E-state index in [9.17, 15) is 0 Å². The van der Waals surface area contributed by atoms with Crippen molar-refractivity contribution in [2.75, 3.05) is 0 Å². The zero-order valence-corrected chi connectivity index (χ0v) is 13.8. The maximum atomic E-state index is 6.76. The molecule has 2 unspecified atom stereocenters. The standard InChI is InChI=1S/C16H13BrClNS/c17-16(14-8-4-5-11-19-14)10-9-15(18,20-16)12-13-6-2-1-3-7-13/h1-11H,12H2. The van der Waals surface area contributed by atoms with Crippen molar-refractivity contribution in [2.45, 2.75) is 14.3 Å². The van der Waals surface area contributed by atoms with Crippen molar-refractivity contribution in [1.29, 1.82) is 0 Å². The van der Waals surface area contributed by atoms with E-state index >= 15 is 0 Å². The summed E-state index contributed by atoms with van der Waals surface area (Å²) in [5.41, 5.74) is 2.20. The smallest absolute Gasteiger partial charge is 0.133 e. The highest BCUT2D eigenvalue weighted by molar-refractivity contribution is 9.11. The minimum atomic E-state index is -0.442. The first kappa shape index (κ1) is 14.2. The summed E-state index contributed by atoms with van der Waals surface area (Å²) in [4.78, 5) is 4.43. The largest absolute Gasteiger partial charge is 0.259 e. The van der Waals surface area contributed by atoms with Crippen molar-refractivity contribution in [3.63, 3.8) is 0 Å². The first-order valence-corrected chi connectivity index (χ1v) is 8.32. The van der Waals surface area contributed by atoms with Gasteiger partial charge in [0, 0.05) is 12.6 Å². The highest BCUT2D eigenvalue weighted by Crippen LogP contribution is 2.57. The molecule has 0 spiro atoms. The summed E-state index contributed by atoms with van der Waals surface area (Å²) < 4.78 is -0.785. The van der Waals surface area contributed by atoms with E-state index in [0.29, 0.717) is 0 Å². The molecule has 3 rings (SSSR count). The van der Waals surface area contributed by atoms with E-state index in [1.54, 1.807) is 18.0 Å². The van der Waals surface area contributed by atoms with Gasteiger partial charge < -0.3 is 0 Å². The molecule has 0 bridgehead atoms. The van der Waals surface area contributed by atoms with Crippen LogP contribution in [0.4, 0.5) is 0 Å². The van der Waals surface area contributed by atoms with E-state index in [0.717, 1.165) is 12.1 Å². The Bertz CT molecular complexity index is 619. The minimum Gasteiger partial charge on any atom is -0.259 e. The van der Waals surface area contributed by atoms with E-state index in [-0.39, 0.29) is 3.66 Å². The monoisotopic (exact) mass is 365 g/mol. The molecule has 1 aromatic heterocycles. The second-order valence-electron chi connectivity index (χ2n) is 4.74. The molecular weight excluding hydrogens is 354 g/mol. The Morgan fingerprint density at radius 1 is 1.05 bits per heavy atom. The van der Waals surface area contributed by atoms with Crippen LogP contribution in [0.5, 0.6) is 0 Å². The van der Waals surface area contributed by atoms with Gasteiger partial charge in [-0.1, -0.05) is 64.5 Å². The van der Waals surface area contributed by atoms with E-state index in [1.165, 1.54) is 5.56 Å². The number of benzene rings is 1. The van der Waals surface area contributed by atoms with Crippen molar-refractivity contribution < 1.29 is 0 Å². The molecule has 0 saturated carbocycles. The lowest BCUT2D eigenvalue weighted by molar-refractivity contribution is 0.956. The van der Waals surface area contributed by atoms with Crippen LogP contribution in [0.3, 0.4) is 0 Å². The van der Waals surface area contributed by atoms with Crippen molar-refractivity contribution in [2.24, 2.45) is 0 Å². The quantitative estimate of drug-likeness (QED) is 0.553. The summed E-state index contributed by atoms with van der Waals surface area (Å²) in [6.07, 6.45) is 6.75. The Kier molecular flexibility index (Phi) is 3.93. The van der Waals surface area contributed by atoms with Gasteiger partial charge in [-0.3, -0.25) is 4.98 Å². The first-order valence-electron chi connectivity index (χ1n) is 6.34. The normalized spacial score (nSPS) is 28.7. The lowest BCUT2D eigenvalue weighted by Crippen LogP contribution is -2.18. The fourth-order valence-electron chi connectivity index (χ4n) is 2.22. The van der Waals surface area contributed by atoms with Crippen molar-refractivity contribution >= 4 is 39.3 Å². The molecular formula is C16H13BrClNS. The number of halogens is 2. The molecule has 1 aliphatic rings. The second kappa shape index (κ2) is 5.55. The molecule has 0 radical (unpaired) electrons. The average molecular weight is 367 g/mol. The summed E-state index contributed by atoms with van der Waals surface area (Å²) in [6, 6.07) is 16.2. The van der Waals surface area contributed by atoms with Gasteiger partial charge in [-0.15, -0.1) is 23.4 Å². The molecule has 1 nitrogen and oxygen atoms in total. The van der Waals surface area contributed by atoms with Gasteiger partial charge in [-0.05, 0) is 17.7 Å². The zero-order valence-electron chi connectivity index (χ0n) is 10.7. The molecule has 2 aromatic rings. The summed E-state index contributed by atoms with van der Waals surface area (Å²) in [7, 11) is 0. The van der Waals surface area contributed by atoms with Gasteiger partial charge in [0.1, 0.15) is 7.86 Å². The summed E-state index contributed by atoms with van der Waals surface area (Å²) >= 11 is 12.2. The third kappa shape index (κ3) is 2.95. The predicted octanol–water partition coefficient (Wildman–Crippen LogP) is 5.11. The summed E-state index contributed by atoms with van der Waals surface area (Å²) in [5.74, 6) is 0. The highest BCUT2D eigenvalue weighted by atomic mass is 79.9. The van der Waals surface area contributed by atoms with Crippen LogP contribution in [0.25, 0.3) is 0 Å². The molecule has 1 aliphatic heterocycles. The molecule has 102 valence electrons. The van der Waals surface area contributed by atoms with Crippen molar-refractivity contribution in [1.82, 2.24) is 4.98 Å². The molecule has 0 N–H and O–H groups in total. The molecule has 2 atom stereocenters. The second-order valence-corrected chi connectivity index (χ2v) is 8.99. The van der Waals surface area contributed by atoms with Gasteiger partial charge in [0.25, 0.3) is 0 Å². The van der Waals surface area contributed by atoms with Gasteiger partial charge >= 0.3 is 0 Å². The SMILES string of the molecule is ClC1(Cc2ccccc2)C=CC(Br)(c2ccccn2)S1. The zero-order chi connectivity index (χ0) is 14.1.